The Morgan fingerprint density at radius 1 is 1.50 bits per heavy atom. The van der Waals surface area contributed by atoms with Crippen LogP contribution in [0.3, 0.4) is 0 Å². The Labute approximate surface area is 87.6 Å². The van der Waals surface area contributed by atoms with Crippen molar-refractivity contribution in [3.8, 4) is 0 Å². The Morgan fingerprint density at radius 2 is 2.21 bits per heavy atom. The van der Waals surface area contributed by atoms with Crippen molar-refractivity contribution < 1.29 is 4.74 Å². The van der Waals surface area contributed by atoms with Gasteiger partial charge in [-0.15, -0.1) is 0 Å². The van der Waals surface area contributed by atoms with E-state index in [1.165, 1.54) is 19.3 Å². The van der Waals surface area contributed by atoms with Gasteiger partial charge in [-0.2, -0.15) is 0 Å². The highest BCUT2D eigenvalue weighted by Gasteiger charge is 2.27. The highest BCUT2D eigenvalue weighted by Crippen LogP contribution is 2.26. The second-order valence-electron chi connectivity index (χ2n) is 4.27. The minimum Gasteiger partial charge on any atom is -0.383 e. The van der Waals surface area contributed by atoms with Crippen LogP contribution in [0.1, 0.15) is 32.6 Å². The molecule has 0 saturated heterocycles. The van der Waals surface area contributed by atoms with Crippen LogP contribution in [0, 0.1) is 0 Å². The Bertz CT molecular complexity index is 148. The quantitative estimate of drug-likeness (QED) is 0.671. The number of ether oxygens (including phenoxy) is 1. The van der Waals surface area contributed by atoms with E-state index in [9.17, 15) is 0 Å². The predicted molar refractivity (Wildman–Crippen MR) is 59.4 cm³/mol. The van der Waals surface area contributed by atoms with Gasteiger partial charge in [-0.1, -0.05) is 6.42 Å². The van der Waals surface area contributed by atoms with Crippen molar-refractivity contribution in [2.45, 2.75) is 44.7 Å². The van der Waals surface area contributed by atoms with Gasteiger partial charge in [0.2, 0.25) is 0 Å². The maximum Gasteiger partial charge on any atom is 0.0615 e. The van der Waals surface area contributed by atoms with Crippen LogP contribution in [0.4, 0.5) is 0 Å². The number of hydrogen-bond donors (Lipinski definition) is 1. The molecule has 0 aliphatic heterocycles. The first-order chi connectivity index (χ1) is 6.79. The highest BCUT2D eigenvalue weighted by molar-refractivity contribution is 4.83. The average molecular weight is 200 g/mol. The zero-order valence-electron chi connectivity index (χ0n) is 9.54. The van der Waals surface area contributed by atoms with Crippen LogP contribution >= 0.6 is 0 Å². The SMILES string of the molecule is COCC(C)N(CCCN)C1CCC1. The van der Waals surface area contributed by atoms with Crippen LogP contribution in [0.5, 0.6) is 0 Å². The molecule has 1 unspecified atom stereocenters. The van der Waals surface area contributed by atoms with Crippen LogP contribution in [-0.4, -0.2) is 43.8 Å². The molecule has 0 bridgehead atoms. The number of methoxy groups -OCH3 is 1. The number of rotatable bonds is 7. The number of nitrogens with zero attached hydrogens (tertiary/aromatic N) is 1. The lowest BCUT2D eigenvalue weighted by Gasteiger charge is -2.41. The smallest absolute Gasteiger partial charge is 0.0615 e. The highest BCUT2D eigenvalue weighted by atomic mass is 16.5. The van der Waals surface area contributed by atoms with Gasteiger partial charge in [-0.05, 0) is 32.7 Å². The molecule has 84 valence electrons. The van der Waals surface area contributed by atoms with Gasteiger partial charge in [0.25, 0.3) is 0 Å². The summed E-state index contributed by atoms with van der Waals surface area (Å²) in [6.07, 6.45) is 5.21. The molecule has 14 heavy (non-hydrogen) atoms. The van der Waals surface area contributed by atoms with Crippen molar-refractivity contribution in [2.24, 2.45) is 5.73 Å². The fourth-order valence-corrected chi connectivity index (χ4v) is 2.09. The lowest BCUT2D eigenvalue weighted by Crippen LogP contribution is -2.48. The Balaban J connectivity index is 2.34. The Morgan fingerprint density at radius 3 is 2.64 bits per heavy atom. The summed E-state index contributed by atoms with van der Waals surface area (Å²) in [7, 11) is 1.78. The van der Waals surface area contributed by atoms with Crippen LogP contribution in [0.15, 0.2) is 0 Å². The van der Waals surface area contributed by atoms with Crippen molar-refractivity contribution in [1.82, 2.24) is 4.90 Å². The van der Waals surface area contributed by atoms with E-state index >= 15 is 0 Å². The van der Waals surface area contributed by atoms with Crippen LogP contribution in [0.2, 0.25) is 0 Å². The fraction of sp³-hybridized carbons (Fsp3) is 1.00. The molecule has 1 saturated carbocycles. The number of hydrogen-bond acceptors (Lipinski definition) is 3. The summed E-state index contributed by atoms with van der Waals surface area (Å²) in [6, 6.07) is 1.34. The molecule has 3 heteroatoms. The minimum absolute atomic E-state index is 0.539. The minimum atomic E-state index is 0.539. The lowest BCUT2D eigenvalue weighted by molar-refractivity contribution is 0.0396. The summed E-state index contributed by atoms with van der Waals surface area (Å²) in [5.74, 6) is 0. The molecule has 0 heterocycles. The molecule has 1 atom stereocenters. The number of nitrogens with two attached hydrogens (primary N) is 1. The van der Waals surface area contributed by atoms with Crippen molar-refractivity contribution in [3.63, 3.8) is 0 Å². The van der Waals surface area contributed by atoms with Gasteiger partial charge in [0.1, 0.15) is 0 Å². The topological polar surface area (TPSA) is 38.5 Å². The second-order valence-corrected chi connectivity index (χ2v) is 4.27. The zero-order chi connectivity index (χ0) is 10.4. The maximum atomic E-state index is 5.55. The summed E-state index contributed by atoms with van der Waals surface area (Å²) >= 11 is 0. The van der Waals surface area contributed by atoms with Crippen molar-refractivity contribution in [2.75, 3.05) is 26.8 Å². The van der Waals surface area contributed by atoms with Gasteiger partial charge in [-0.25, -0.2) is 0 Å². The van der Waals surface area contributed by atoms with Gasteiger partial charge in [0.15, 0.2) is 0 Å². The lowest BCUT2D eigenvalue weighted by atomic mass is 9.90. The molecule has 0 aromatic carbocycles. The van der Waals surface area contributed by atoms with Crippen molar-refractivity contribution in [3.05, 3.63) is 0 Å². The summed E-state index contributed by atoms with van der Waals surface area (Å²) in [5.41, 5.74) is 5.55. The first-order valence-corrected chi connectivity index (χ1v) is 5.74. The van der Waals surface area contributed by atoms with Crippen molar-refractivity contribution >= 4 is 0 Å². The second kappa shape index (κ2) is 6.38. The Kier molecular flexibility index (Phi) is 5.45. The van der Waals surface area contributed by atoms with Gasteiger partial charge >= 0.3 is 0 Å². The van der Waals surface area contributed by atoms with Gasteiger partial charge in [-0.3, -0.25) is 4.90 Å². The predicted octanol–water partition coefficient (Wildman–Crippen LogP) is 1.22. The third-order valence-electron chi connectivity index (χ3n) is 3.14. The van der Waals surface area contributed by atoms with Gasteiger partial charge < -0.3 is 10.5 Å². The molecule has 0 radical (unpaired) electrons. The molecule has 1 fully saturated rings. The monoisotopic (exact) mass is 200 g/mol. The summed E-state index contributed by atoms with van der Waals surface area (Å²) in [6.45, 7) is 5.01. The molecule has 1 rings (SSSR count). The van der Waals surface area contributed by atoms with E-state index < -0.39 is 0 Å². The summed E-state index contributed by atoms with van der Waals surface area (Å²) in [4.78, 5) is 2.57. The fourth-order valence-electron chi connectivity index (χ4n) is 2.09. The van der Waals surface area contributed by atoms with E-state index in [0.717, 1.165) is 32.2 Å². The average Bonchev–Trinajstić information content (AvgIpc) is 2.09. The largest absolute Gasteiger partial charge is 0.383 e. The summed E-state index contributed by atoms with van der Waals surface area (Å²) in [5, 5.41) is 0. The van der Waals surface area contributed by atoms with E-state index in [4.69, 9.17) is 10.5 Å². The molecule has 3 nitrogen and oxygen atoms in total. The molecule has 0 spiro atoms. The first-order valence-electron chi connectivity index (χ1n) is 5.74. The third-order valence-corrected chi connectivity index (χ3v) is 3.14. The molecule has 0 amide bonds. The van der Waals surface area contributed by atoms with E-state index in [-0.39, 0.29) is 0 Å². The van der Waals surface area contributed by atoms with E-state index in [0.29, 0.717) is 6.04 Å². The molecule has 0 aromatic rings. The first kappa shape index (κ1) is 12.0. The standard InChI is InChI=1S/C11H24N2O/c1-10(9-14-2)13(8-4-7-12)11-5-3-6-11/h10-11H,3-9,12H2,1-2H3. The normalized spacial score (nSPS) is 19.7. The van der Waals surface area contributed by atoms with Crippen LogP contribution in [0.25, 0.3) is 0 Å². The van der Waals surface area contributed by atoms with E-state index in [1.54, 1.807) is 7.11 Å². The maximum absolute atomic E-state index is 5.55. The van der Waals surface area contributed by atoms with Gasteiger partial charge in [0.05, 0.1) is 6.61 Å². The molecule has 1 aliphatic rings. The molecule has 2 N–H and O–H groups in total. The summed E-state index contributed by atoms with van der Waals surface area (Å²) < 4.78 is 5.21. The third kappa shape index (κ3) is 3.23. The molecule has 0 aromatic heterocycles. The Hall–Kier alpha value is -0.120. The van der Waals surface area contributed by atoms with E-state index in [1.807, 2.05) is 0 Å². The molecular weight excluding hydrogens is 176 g/mol. The molecule has 1 aliphatic carbocycles. The van der Waals surface area contributed by atoms with Crippen LogP contribution in [-0.2, 0) is 4.74 Å². The van der Waals surface area contributed by atoms with Gasteiger partial charge in [0, 0.05) is 25.7 Å². The zero-order valence-corrected chi connectivity index (χ0v) is 9.54. The van der Waals surface area contributed by atoms with E-state index in [2.05, 4.69) is 11.8 Å². The van der Waals surface area contributed by atoms with Crippen molar-refractivity contribution in [1.29, 1.82) is 0 Å². The molecular formula is C11H24N2O. The van der Waals surface area contributed by atoms with Crippen LogP contribution < -0.4 is 5.73 Å².